The fraction of sp³-hybridized carbons (Fsp3) is 0.455. The van der Waals surface area contributed by atoms with Gasteiger partial charge in [0.05, 0.1) is 13.2 Å². The SMILES string of the molecule is O[N+]1(Cc2ccccc2)CCOCC1.[OH-]. The highest BCUT2D eigenvalue weighted by Gasteiger charge is 2.28. The average Bonchev–Trinajstić information content (AvgIpc) is 2.19. The van der Waals surface area contributed by atoms with Crippen LogP contribution in [0, 0.1) is 0 Å². The van der Waals surface area contributed by atoms with Crippen LogP contribution in [-0.4, -0.2) is 41.6 Å². The number of ether oxygens (including phenoxy) is 1. The van der Waals surface area contributed by atoms with Crippen molar-refractivity contribution < 1.29 is 20.1 Å². The third-order valence-electron chi connectivity index (χ3n) is 2.62. The van der Waals surface area contributed by atoms with Crippen molar-refractivity contribution >= 4 is 0 Å². The third-order valence-corrected chi connectivity index (χ3v) is 2.62. The number of nitrogens with zero attached hydrogens (tertiary/aromatic N) is 1. The summed E-state index contributed by atoms with van der Waals surface area (Å²) >= 11 is 0. The van der Waals surface area contributed by atoms with E-state index in [-0.39, 0.29) is 10.1 Å². The zero-order valence-corrected chi connectivity index (χ0v) is 8.67. The van der Waals surface area contributed by atoms with Crippen LogP contribution in [0.1, 0.15) is 5.56 Å². The molecular formula is C11H17NO3. The molecule has 0 unspecified atom stereocenters. The highest BCUT2D eigenvalue weighted by Crippen LogP contribution is 2.13. The van der Waals surface area contributed by atoms with Gasteiger partial charge in [-0.2, -0.15) is 4.65 Å². The summed E-state index contributed by atoms with van der Waals surface area (Å²) in [5.41, 5.74) is 1.18. The van der Waals surface area contributed by atoms with Gasteiger partial charge < -0.3 is 10.2 Å². The molecule has 4 heteroatoms. The Kier molecular flexibility index (Phi) is 4.23. The molecule has 1 aromatic rings. The first-order chi connectivity index (χ1) is 6.79. The summed E-state index contributed by atoms with van der Waals surface area (Å²) in [5.74, 6) is 0. The van der Waals surface area contributed by atoms with Gasteiger partial charge in [-0.3, -0.25) is 0 Å². The van der Waals surface area contributed by atoms with Crippen LogP contribution in [0.15, 0.2) is 30.3 Å². The van der Waals surface area contributed by atoms with E-state index in [1.807, 2.05) is 30.3 Å². The normalized spacial score (nSPS) is 19.3. The number of quaternary nitrogens is 1. The highest BCUT2D eigenvalue weighted by molar-refractivity contribution is 5.13. The summed E-state index contributed by atoms with van der Waals surface area (Å²) in [4.78, 5) is 0. The molecule has 4 nitrogen and oxygen atoms in total. The molecule has 0 radical (unpaired) electrons. The maximum absolute atomic E-state index is 10.2. The van der Waals surface area contributed by atoms with Gasteiger partial charge in [-0.25, -0.2) is 5.21 Å². The molecule has 15 heavy (non-hydrogen) atoms. The number of hydroxylamine groups is 3. The van der Waals surface area contributed by atoms with Gasteiger partial charge in [0, 0.05) is 5.56 Å². The van der Waals surface area contributed by atoms with Gasteiger partial charge in [0.2, 0.25) is 0 Å². The molecule has 2 rings (SSSR count). The number of morpholine rings is 1. The molecule has 84 valence electrons. The van der Waals surface area contributed by atoms with Crippen LogP contribution >= 0.6 is 0 Å². The van der Waals surface area contributed by atoms with E-state index in [9.17, 15) is 5.21 Å². The van der Waals surface area contributed by atoms with Gasteiger partial charge in [0.1, 0.15) is 19.6 Å². The van der Waals surface area contributed by atoms with Crippen LogP contribution in [0.5, 0.6) is 0 Å². The van der Waals surface area contributed by atoms with Crippen molar-refractivity contribution in [2.24, 2.45) is 0 Å². The zero-order chi connectivity index (χ0) is 9.86. The maximum atomic E-state index is 10.2. The van der Waals surface area contributed by atoms with Crippen molar-refractivity contribution in [3.8, 4) is 0 Å². The molecule has 1 aliphatic rings. The van der Waals surface area contributed by atoms with Crippen LogP contribution < -0.4 is 0 Å². The van der Waals surface area contributed by atoms with Crippen molar-refractivity contribution in [3.05, 3.63) is 35.9 Å². The summed E-state index contributed by atoms with van der Waals surface area (Å²) in [6, 6.07) is 10.1. The Labute approximate surface area is 89.6 Å². The van der Waals surface area contributed by atoms with Crippen molar-refractivity contribution in [2.45, 2.75) is 6.54 Å². The second-order valence-corrected chi connectivity index (χ2v) is 3.80. The van der Waals surface area contributed by atoms with Crippen molar-refractivity contribution in [1.29, 1.82) is 0 Å². The predicted molar refractivity (Wildman–Crippen MR) is 54.7 cm³/mol. The Morgan fingerprint density at radius 1 is 1.13 bits per heavy atom. The van der Waals surface area contributed by atoms with Gasteiger partial charge in [0.15, 0.2) is 0 Å². The summed E-state index contributed by atoms with van der Waals surface area (Å²) in [6.45, 7) is 3.38. The van der Waals surface area contributed by atoms with Gasteiger partial charge in [-0.05, 0) is 0 Å². The minimum atomic E-state index is 0. The quantitative estimate of drug-likeness (QED) is 0.749. The first-order valence-electron chi connectivity index (χ1n) is 4.99. The number of rotatable bonds is 2. The van der Waals surface area contributed by atoms with E-state index in [1.165, 1.54) is 5.56 Å². The molecule has 0 saturated carbocycles. The van der Waals surface area contributed by atoms with Crippen LogP contribution in [0.25, 0.3) is 0 Å². The summed E-state index contributed by atoms with van der Waals surface area (Å²) in [5, 5.41) is 10.2. The largest absolute Gasteiger partial charge is 0.870 e. The van der Waals surface area contributed by atoms with E-state index in [0.717, 1.165) is 0 Å². The molecule has 0 bridgehead atoms. The first-order valence-corrected chi connectivity index (χ1v) is 4.99. The number of hydrogen-bond donors (Lipinski definition) is 1. The monoisotopic (exact) mass is 211 g/mol. The Balaban J connectivity index is 0.00000112. The van der Waals surface area contributed by atoms with E-state index in [2.05, 4.69) is 0 Å². The molecule has 1 aromatic carbocycles. The molecular weight excluding hydrogens is 194 g/mol. The third kappa shape index (κ3) is 3.28. The topological polar surface area (TPSA) is 59.5 Å². The van der Waals surface area contributed by atoms with E-state index in [4.69, 9.17) is 4.74 Å². The lowest BCUT2D eigenvalue weighted by Gasteiger charge is -2.33. The minimum absolute atomic E-state index is 0. The Bertz CT molecular complexity index is 283. The van der Waals surface area contributed by atoms with Gasteiger partial charge >= 0.3 is 0 Å². The molecule has 1 aliphatic heterocycles. The molecule has 1 fully saturated rings. The van der Waals surface area contributed by atoms with Gasteiger partial charge in [-0.15, -0.1) is 0 Å². The smallest absolute Gasteiger partial charge is 0.134 e. The lowest BCUT2D eigenvalue weighted by Crippen LogP contribution is -2.51. The molecule has 1 saturated heterocycles. The Hall–Kier alpha value is -0.940. The maximum Gasteiger partial charge on any atom is 0.134 e. The summed E-state index contributed by atoms with van der Waals surface area (Å²) < 4.78 is 5.34. The molecule has 1 heterocycles. The van der Waals surface area contributed by atoms with E-state index < -0.39 is 0 Å². The predicted octanol–water partition coefficient (Wildman–Crippen LogP) is 1.25. The Morgan fingerprint density at radius 3 is 2.33 bits per heavy atom. The molecule has 0 amide bonds. The van der Waals surface area contributed by atoms with Gasteiger partial charge in [0.25, 0.3) is 0 Å². The lowest BCUT2D eigenvalue weighted by molar-refractivity contribution is -1.12. The van der Waals surface area contributed by atoms with E-state index in [1.54, 1.807) is 0 Å². The average molecular weight is 211 g/mol. The van der Waals surface area contributed by atoms with Crippen molar-refractivity contribution in [3.63, 3.8) is 0 Å². The second-order valence-electron chi connectivity index (χ2n) is 3.80. The van der Waals surface area contributed by atoms with Gasteiger partial charge in [-0.1, -0.05) is 30.3 Å². The van der Waals surface area contributed by atoms with Crippen LogP contribution in [0.4, 0.5) is 0 Å². The van der Waals surface area contributed by atoms with Crippen LogP contribution in [0.3, 0.4) is 0 Å². The van der Waals surface area contributed by atoms with E-state index in [0.29, 0.717) is 32.8 Å². The standard InChI is InChI=1S/C11H16NO2.H2O/c13-12(6-8-14-9-7-12)10-11-4-2-1-3-5-11;/h1-5,13H,6-10H2;1H2/q+1;/p-1. The Morgan fingerprint density at radius 2 is 1.73 bits per heavy atom. The van der Waals surface area contributed by atoms with Crippen molar-refractivity contribution in [1.82, 2.24) is 0 Å². The van der Waals surface area contributed by atoms with Crippen LogP contribution in [0.2, 0.25) is 0 Å². The molecule has 0 spiro atoms. The van der Waals surface area contributed by atoms with Crippen molar-refractivity contribution in [2.75, 3.05) is 26.3 Å². The number of hydrogen-bond acceptors (Lipinski definition) is 3. The van der Waals surface area contributed by atoms with Crippen LogP contribution in [-0.2, 0) is 11.3 Å². The number of benzene rings is 1. The summed E-state index contributed by atoms with van der Waals surface area (Å²) in [6.07, 6.45) is 0. The highest BCUT2D eigenvalue weighted by atomic mass is 16.6. The lowest BCUT2D eigenvalue weighted by atomic mass is 10.2. The minimum Gasteiger partial charge on any atom is -0.870 e. The molecule has 0 aromatic heterocycles. The molecule has 0 atom stereocenters. The first kappa shape index (κ1) is 12.1. The summed E-state index contributed by atoms with van der Waals surface area (Å²) in [7, 11) is 0. The second kappa shape index (κ2) is 5.23. The zero-order valence-electron chi connectivity index (χ0n) is 8.67. The van der Waals surface area contributed by atoms with E-state index >= 15 is 0 Å². The fourth-order valence-electron chi connectivity index (χ4n) is 1.76. The molecule has 0 aliphatic carbocycles. The fourth-order valence-corrected chi connectivity index (χ4v) is 1.76. The molecule has 2 N–H and O–H groups in total.